The molecule has 2 rings (SSSR count). The van der Waals surface area contributed by atoms with E-state index >= 15 is 0 Å². The van der Waals surface area contributed by atoms with E-state index < -0.39 is 11.8 Å². The predicted molar refractivity (Wildman–Crippen MR) is 79.1 cm³/mol. The van der Waals surface area contributed by atoms with Crippen molar-refractivity contribution in [3.8, 4) is 11.8 Å². The number of nitrogens with two attached hydrogens (primary N) is 1. The molecule has 1 aromatic heterocycles. The minimum Gasteiger partial charge on any atom is -0.476 e. The molecule has 0 radical (unpaired) electrons. The SMILES string of the molecule is N#C/C(=N\Nc1ccccc1-n1ccc(C(=O)O)n1)C(=N)N. The smallest absolute Gasteiger partial charge is 0.356 e. The number of hydrazone groups is 1. The van der Waals surface area contributed by atoms with Crippen LogP contribution >= 0.6 is 0 Å². The molecule has 0 amide bonds. The summed E-state index contributed by atoms with van der Waals surface area (Å²) >= 11 is 0. The highest BCUT2D eigenvalue weighted by atomic mass is 16.4. The van der Waals surface area contributed by atoms with E-state index in [1.54, 1.807) is 30.3 Å². The van der Waals surface area contributed by atoms with Gasteiger partial charge < -0.3 is 10.8 Å². The van der Waals surface area contributed by atoms with Gasteiger partial charge in [-0.25, -0.2) is 9.48 Å². The summed E-state index contributed by atoms with van der Waals surface area (Å²) in [7, 11) is 0. The van der Waals surface area contributed by atoms with Crippen LogP contribution in [0.5, 0.6) is 0 Å². The summed E-state index contributed by atoms with van der Waals surface area (Å²) in [5, 5.41) is 32.5. The molecule has 5 N–H and O–H groups in total. The molecule has 22 heavy (non-hydrogen) atoms. The summed E-state index contributed by atoms with van der Waals surface area (Å²) in [5.74, 6) is -1.59. The second-order valence-electron chi connectivity index (χ2n) is 4.07. The van der Waals surface area contributed by atoms with Gasteiger partial charge in [0.05, 0.1) is 11.4 Å². The lowest BCUT2D eigenvalue weighted by Crippen LogP contribution is -2.22. The highest BCUT2D eigenvalue weighted by Gasteiger charge is 2.10. The van der Waals surface area contributed by atoms with Gasteiger partial charge in [-0.05, 0) is 18.2 Å². The lowest BCUT2D eigenvalue weighted by Gasteiger charge is -2.08. The van der Waals surface area contributed by atoms with Crippen LogP contribution in [0.15, 0.2) is 41.6 Å². The number of carbonyl (C=O) groups is 1. The zero-order valence-corrected chi connectivity index (χ0v) is 11.2. The van der Waals surface area contributed by atoms with Crippen LogP contribution in [0.2, 0.25) is 0 Å². The third kappa shape index (κ3) is 3.07. The number of carboxylic acids is 1. The summed E-state index contributed by atoms with van der Waals surface area (Å²) in [6.07, 6.45) is 1.49. The number of hydrogen-bond acceptors (Lipinski definition) is 6. The van der Waals surface area contributed by atoms with Crippen LogP contribution in [0.1, 0.15) is 10.5 Å². The van der Waals surface area contributed by atoms with Crippen LogP contribution in [-0.4, -0.2) is 32.4 Å². The molecule has 1 aromatic carbocycles. The summed E-state index contributed by atoms with van der Waals surface area (Å²) < 4.78 is 1.36. The topological polar surface area (TPSA) is 153 Å². The first-order chi connectivity index (χ1) is 10.5. The summed E-state index contributed by atoms with van der Waals surface area (Å²) in [6, 6.07) is 9.86. The van der Waals surface area contributed by atoms with Crippen LogP contribution in [0, 0.1) is 16.7 Å². The van der Waals surface area contributed by atoms with Gasteiger partial charge in [0.15, 0.2) is 11.5 Å². The van der Waals surface area contributed by atoms with E-state index in [0.29, 0.717) is 11.4 Å². The molecule has 1 heterocycles. The van der Waals surface area contributed by atoms with Crippen LogP contribution in [-0.2, 0) is 0 Å². The second-order valence-corrected chi connectivity index (χ2v) is 4.07. The quantitative estimate of drug-likeness (QED) is 0.363. The summed E-state index contributed by atoms with van der Waals surface area (Å²) in [6.45, 7) is 0. The van der Waals surface area contributed by atoms with Crippen LogP contribution < -0.4 is 11.2 Å². The number of nitriles is 1. The van der Waals surface area contributed by atoms with E-state index in [2.05, 4.69) is 15.6 Å². The summed E-state index contributed by atoms with van der Waals surface area (Å²) in [4.78, 5) is 10.9. The zero-order valence-electron chi connectivity index (χ0n) is 11.2. The number of carboxylic acid groups (broad SMARTS) is 1. The normalized spacial score (nSPS) is 10.8. The molecular formula is C13H11N7O2. The van der Waals surface area contributed by atoms with Crippen molar-refractivity contribution in [2.75, 3.05) is 5.43 Å². The lowest BCUT2D eigenvalue weighted by atomic mass is 10.3. The van der Waals surface area contributed by atoms with Gasteiger partial charge in [0.2, 0.25) is 5.71 Å². The Labute approximate surface area is 124 Å². The summed E-state index contributed by atoms with van der Waals surface area (Å²) in [5.41, 5.74) is 8.46. The van der Waals surface area contributed by atoms with Crippen molar-refractivity contribution in [2.24, 2.45) is 10.8 Å². The Morgan fingerprint density at radius 3 is 2.77 bits per heavy atom. The molecule has 110 valence electrons. The van der Waals surface area contributed by atoms with Gasteiger partial charge in [0, 0.05) is 6.20 Å². The van der Waals surface area contributed by atoms with Gasteiger partial charge in [-0.2, -0.15) is 15.5 Å². The van der Waals surface area contributed by atoms with Gasteiger partial charge in [-0.1, -0.05) is 12.1 Å². The Bertz CT molecular complexity index is 801. The van der Waals surface area contributed by atoms with E-state index in [4.69, 9.17) is 21.5 Å². The lowest BCUT2D eigenvalue weighted by molar-refractivity contribution is 0.0690. The molecule has 0 bridgehead atoms. The molecule has 0 spiro atoms. The van der Waals surface area contributed by atoms with Crippen molar-refractivity contribution in [1.82, 2.24) is 9.78 Å². The number of aromatic carboxylic acids is 1. The molecule has 9 nitrogen and oxygen atoms in total. The maximum atomic E-state index is 10.9. The van der Waals surface area contributed by atoms with Gasteiger partial charge in [0.1, 0.15) is 6.07 Å². The van der Waals surface area contributed by atoms with Gasteiger partial charge in [0.25, 0.3) is 0 Å². The van der Waals surface area contributed by atoms with E-state index in [9.17, 15) is 4.79 Å². The van der Waals surface area contributed by atoms with E-state index in [1.165, 1.54) is 16.9 Å². The molecule has 0 aliphatic rings. The Morgan fingerprint density at radius 2 is 2.18 bits per heavy atom. The first-order valence-electron chi connectivity index (χ1n) is 5.99. The number of hydrogen-bond donors (Lipinski definition) is 4. The fraction of sp³-hybridized carbons (Fsp3) is 0. The van der Waals surface area contributed by atoms with E-state index in [1.807, 2.05) is 0 Å². The minimum absolute atomic E-state index is 0.0974. The largest absolute Gasteiger partial charge is 0.476 e. The molecule has 0 aliphatic heterocycles. The maximum Gasteiger partial charge on any atom is 0.356 e. The number of anilines is 1. The predicted octanol–water partition coefficient (Wildman–Crippen LogP) is 0.798. The standard InChI is InChI=1S/C13H11N7O2/c14-7-10(12(15)16)18-17-8-3-1-2-4-11(8)20-6-5-9(19-20)13(21)22/h1-6,17H,(H3,15,16)(H,21,22)/b18-10+. The zero-order chi connectivity index (χ0) is 16.1. The average Bonchev–Trinajstić information content (AvgIpc) is 2.98. The third-order valence-corrected chi connectivity index (χ3v) is 2.61. The van der Waals surface area contributed by atoms with Crippen LogP contribution in [0.25, 0.3) is 5.69 Å². The average molecular weight is 297 g/mol. The number of aromatic nitrogens is 2. The Morgan fingerprint density at radius 1 is 1.45 bits per heavy atom. The second kappa shape index (κ2) is 6.19. The molecule has 2 aromatic rings. The fourth-order valence-electron chi connectivity index (χ4n) is 1.60. The number of amidine groups is 1. The van der Waals surface area contributed by atoms with Crippen LogP contribution in [0.4, 0.5) is 5.69 Å². The fourth-order valence-corrected chi connectivity index (χ4v) is 1.60. The van der Waals surface area contributed by atoms with Crippen molar-refractivity contribution in [3.05, 3.63) is 42.2 Å². The Hall–Kier alpha value is -3.67. The number of benzene rings is 1. The number of para-hydroxylation sites is 2. The minimum atomic E-state index is -1.13. The molecule has 0 saturated carbocycles. The Balaban J connectivity index is 2.36. The van der Waals surface area contributed by atoms with Gasteiger partial charge in [-0.3, -0.25) is 10.8 Å². The molecule has 0 atom stereocenters. The van der Waals surface area contributed by atoms with Crippen molar-refractivity contribution in [3.63, 3.8) is 0 Å². The molecule has 0 aliphatic carbocycles. The molecule has 0 unspecified atom stereocenters. The Kier molecular flexibility index (Phi) is 4.14. The molecular weight excluding hydrogens is 286 g/mol. The monoisotopic (exact) mass is 297 g/mol. The van der Waals surface area contributed by atoms with Crippen LogP contribution in [0.3, 0.4) is 0 Å². The number of nitrogens with one attached hydrogen (secondary N) is 2. The van der Waals surface area contributed by atoms with Gasteiger partial charge in [-0.15, -0.1) is 0 Å². The number of rotatable bonds is 5. The first kappa shape index (κ1) is 14.7. The van der Waals surface area contributed by atoms with Crippen molar-refractivity contribution < 1.29 is 9.90 Å². The first-order valence-corrected chi connectivity index (χ1v) is 5.99. The number of nitrogens with zero attached hydrogens (tertiary/aromatic N) is 4. The molecule has 0 fully saturated rings. The van der Waals surface area contributed by atoms with Crippen molar-refractivity contribution in [2.45, 2.75) is 0 Å². The van der Waals surface area contributed by atoms with E-state index in [0.717, 1.165) is 0 Å². The molecule has 0 saturated heterocycles. The van der Waals surface area contributed by atoms with Crippen molar-refractivity contribution >= 4 is 23.2 Å². The highest BCUT2D eigenvalue weighted by molar-refractivity contribution is 6.45. The van der Waals surface area contributed by atoms with E-state index in [-0.39, 0.29) is 11.4 Å². The molecule has 9 heteroatoms. The highest BCUT2D eigenvalue weighted by Crippen LogP contribution is 2.19. The third-order valence-electron chi connectivity index (χ3n) is 2.61. The van der Waals surface area contributed by atoms with Crippen molar-refractivity contribution in [1.29, 1.82) is 10.7 Å². The maximum absolute atomic E-state index is 10.9. The van der Waals surface area contributed by atoms with Gasteiger partial charge >= 0.3 is 5.97 Å².